The van der Waals surface area contributed by atoms with E-state index in [0.717, 1.165) is 68.2 Å². The van der Waals surface area contributed by atoms with Crippen molar-refractivity contribution in [3.8, 4) is 0 Å². The Morgan fingerprint density at radius 1 is 0.976 bits per heavy atom. The first kappa shape index (κ1) is 29.6. The molecule has 2 heterocycles. The Morgan fingerprint density at radius 3 is 2.51 bits per heavy atom. The summed E-state index contributed by atoms with van der Waals surface area (Å²) in [5.41, 5.74) is 1.77. The number of rotatable bonds is 10. The number of benzene rings is 3. The molecule has 0 saturated carbocycles. The van der Waals surface area contributed by atoms with Crippen LogP contribution in [-0.4, -0.2) is 66.4 Å². The Balaban J connectivity index is 1.34. The van der Waals surface area contributed by atoms with Gasteiger partial charge in [0.1, 0.15) is 0 Å². The summed E-state index contributed by atoms with van der Waals surface area (Å²) in [7, 11) is 0. The van der Waals surface area contributed by atoms with Crippen LogP contribution in [0.25, 0.3) is 10.8 Å². The molecule has 2 saturated heterocycles. The molecule has 0 bridgehead atoms. The molecule has 41 heavy (non-hydrogen) atoms. The van der Waals surface area contributed by atoms with Gasteiger partial charge in [-0.2, -0.15) is 0 Å². The minimum absolute atomic E-state index is 0.0324. The summed E-state index contributed by atoms with van der Waals surface area (Å²) in [5, 5.41) is 9.55. The number of carbonyl (C=O) groups is 2. The number of piperidine rings is 1. The topological polar surface area (TPSA) is 64.7 Å². The van der Waals surface area contributed by atoms with Gasteiger partial charge < -0.3 is 20.4 Å². The molecule has 0 spiro atoms. The zero-order valence-electron chi connectivity index (χ0n) is 24.2. The van der Waals surface area contributed by atoms with Crippen LogP contribution in [0.5, 0.6) is 0 Å². The van der Waals surface area contributed by atoms with Crippen LogP contribution in [0.15, 0.2) is 66.7 Å². The summed E-state index contributed by atoms with van der Waals surface area (Å²) < 4.78 is 0. The molecule has 2 aliphatic heterocycles. The van der Waals surface area contributed by atoms with Crippen molar-refractivity contribution >= 4 is 34.2 Å². The van der Waals surface area contributed by atoms with Crippen LogP contribution in [0.4, 0.5) is 0 Å². The number of likely N-dealkylation sites (tertiary alicyclic amines) is 1. The number of carbonyl (C=O) groups excluding carboxylic acids is 2. The van der Waals surface area contributed by atoms with E-state index in [4.69, 9.17) is 11.6 Å². The molecule has 218 valence electrons. The maximum atomic E-state index is 14.1. The van der Waals surface area contributed by atoms with Gasteiger partial charge in [-0.3, -0.25) is 9.59 Å². The van der Waals surface area contributed by atoms with E-state index >= 15 is 0 Å². The molecule has 0 aromatic heterocycles. The van der Waals surface area contributed by atoms with Crippen LogP contribution in [0.1, 0.15) is 73.8 Å². The monoisotopic (exact) mass is 574 g/mol. The Labute approximate surface area is 249 Å². The number of nitrogens with zero attached hydrogens (tertiary/aromatic N) is 2. The van der Waals surface area contributed by atoms with Crippen LogP contribution < -0.4 is 10.6 Å². The third-order valence-electron chi connectivity index (χ3n) is 8.60. The van der Waals surface area contributed by atoms with Gasteiger partial charge in [0, 0.05) is 36.3 Å². The third-order valence-corrected chi connectivity index (χ3v) is 8.83. The molecule has 0 aliphatic carbocycles. The van der Waals surface area contributed by atoms with Crippen LogP contribution in [0.3, 0.4) is 0 Å². The predicted molar refractivity (Wildman–Crippen MR) is 167 cm³/mol. The molecule has 6 nitrogen and oxygen atoms in total. The van der Waals surface area contributed by atoms with E-state index in [2.05, 4.69) is 39.5 Å². The molecule has 3 aromatic rings. The zero-order chi connectivity index (χ0) is 28.6. The Hall–Kier alpha value is -2.93. The lowest BCUT2D eigenvalue weighted by Gasteiger charge is -2.33. The van der Waals surface area contributed by atoms with Gasteiger partial charge in [0.25, 0.3) is 5.91 Å². The van der Waals surface area contributed by atoms with E-state index < -0.39 is 0 Å². The molecule has 2 fully saturated rings. The van der Waals surface area contributed by atoms with E-state index in [-0.39, 0.29) is 29.9 Å². The van der Waals surface area contributed by atoms with Gasteiger partial charge in [-0.05, 0) is 85.8 Å². The molecule has 2 N–H and O–H groups in total. The van der Waals surface area contributed by atoms with Gasteiger partial charge in [-0.1, -0.05) is 73.8 Å². The summed E-state index contributed by atoms with van der Waals surface area (Å²) in [4.78, 5) is 32.0. The van der Waals surface area contributed by atoms with Gasteiger partial charge in [0.2, 0.25) is 5.91 Å². The van der Waals surface area contributed by atoms with Crippen molar-refractivity contribution in [3.05, 3.63) is 82.9 Å². The largest absolute Gasteiger partial charge is 0.350 e. The van der Waals surface area contributed by atoms with Crippen molar-refractivity contribution < 1.29 is 9.59 Å². The molecule has 0 radical (unpaired) electrons. The van der Waals surface area contributed by atoms with Crippen molar-refractivity contribution in [1.82, 2.24) is 20.4 Å². The second kappa shape index (κ2) is 14.3. The smallest absolute Gasteiger partial charge is 0.251 e. The van der Waals surface area contributed by atoms with Crippen LogP contribution in [0.2, 0.25) is 5.02 Å². The fourth-order valence-corrected chi connectivity index (χ4v) is 6.46. The molecule has 2 aliphatic rings. The summed E-state index contributed by atoms with van der Waals surface area (Å²) in [5.74, 6) is 0.0783. The fraction of sp³-hybridized carbons (Fsp3) is 0.471. The van der Waals surface area contributed by atoms with Gasteiger partial charge in [0.05, 0.1) is 12.1 Å². The average Bonchev–Trinajstić information content (AvgIpc) is 3.14. The highest BCUT2D eigenvalue weighted by Crippen LogP contribution is 2.30. The first-order valence-corrected chi connectivity index (χ1v) is 15.7. The average molecular weight is 575 g/mol. The number of hydrogen-bond acceptors (Lipinski definition) is 4. The molecule has 3 atom stereocenters. The molecule has 5 rings (SSSR count). The molecule has 0 unspecified atom stereocenters. The Bertz CT molecular complexity index is 1310. The number of nitrogens with one attached hydrogen (secondary N) is 2. The molecular weight excluding hydrogens is 532 g/mol. The van der Waals surface area contributed by atoms with Gasteiger partial charge in [-0.15, -0.1) is 0 Å². The van der Waals surface area contributed by atoms with E-state index in [1.54, 1.807) is 0 Å². The molecular formula is C34H43ClN4O2. The van der Waals surface area contributed by atoms with Crippen molar-refractivity contribution in [3.63, 3.8) is 0 Å². The lowest BCUT2D eigenvalue weighted by molar-refractivity contribution is -0.135. The first-order valence-electron chi connectivity index (χ1n) is 15.3. The predicted octanol–water partition coefficient (Wildman–Crippen LogP) is 6.20. The second-order valence-electron chi connectivity index (χ2n) is 11.6. The minimum atomic E-state index is -0.269. The summed E-state index contributed by atoms with van der Waals surface area (Å²) in [6.45, 7) is 6.52. The normalized spacial score (nSPS) is 22.0. The van der Waals surface area contributed by atoms with E-state index in [1.165, 1.54) is 19.3 Å². The van der Waals surface area contributed by atoms with Crippen LogP contribution in [-0.2, 0) is 4.79 Å². The summed E-state index contributed by atoms with van der Waals surface area (Å²) >= 11 is 6.14. The van der Waals surface area contributed by atoms with E-state index in [0.29, 0.717) is 17.1 Å². The highest BCUT2D eigenvalue weighted by molar-refractivity contribution is 6.31. The first-order chi connectivity index (χ1) is 20.0. The van der Waals surface area contributed by atoms with Gasteiger partial charge >= 0.3 is 0 Å². The Morgan fingerprint density at radius 2 is 1.73 bits per heavy atom. The quantitative estimate of drug-likeness (QED) is 0.303. The van der Waals surface area contributed by atoms with Crippen molar-refractivity contribution in [2.24, 2.45) is 0 Å². The number of amides is 2. The molecule has 2 amide bonds. The maximum absolute atomic E-state index is 14.1. The lowest BCUT2D eigenvalue weighted by atomic mass is 9.97. The van der Waals surface area contributed by atoms with Gasteiger partial charge in [0.15, 0.2) is 0 Å². The molecule has 3 aromatic carbocycles. The number of hydrogen-bond donors (Lipinski definition) is 2. The number of unbranched alkanes of at least 4 members (excludes halogenated alkanes) is 1. The standard InChI is InChI=1S/C34H43ClN4O2/c1-2-3-19-39-32(25-10-6-4-7-11-25)23-30(37-31(34(39)41)16-20-38-17-8-5-9-18-38)24-36-33(40)28-13-12-27-22-29(35)15-14-26(27)21-28/h4,6-7,10-15,21-22,30-32,37H,2-3,5,8-9,16-20,23-24H2,1H3,(H,36,40)/t30-,31-,32+/m0/s1. The summed E-state index contributed by atoms with van der Waals surface area (Å²) in [6, 6.07) is 21.4. The summed E-state index contributed by atoms with van der Waals surface area (Å²) in [6.07, 6.45) is 7.31. The minimum Gasteiger partial charge on any atom is -0.350 e. The zero-order valence-corrected chi connectivity index (χ0v) is 24.9. The highest BCUT2D eigenvalue weighted by Gasteiger charge is 2.37. The van der Waals surface area contributed by atoms with Gasteiger partial charge in [-0.25, -0.2) is 0 Å². The van der Waals surface area contributed by atoms with Crippen molar-refractivity contribution in [1.29, 1.82) is 0 Å². The second-order valence-corrected chi connectivity index (χ2v) is 12.0. The van der Waals surface area contributed by atoms with Crippen LogP contribution in [0, 0.1) is 0 Å². The molecule has 7 heteroatoms. The van der Waals surface area contributed by atoms with Crippen LogP contribution >= 0.6 is 11.6 Å². The maximum Gasteiger partial charge on any atom is 0.251 e. The number of halogens is 1. The SMILES string of the molecule is CCCCN1C(=O)[C@H](CCN2CCCCC2)N[C@H](CNC(=O)c2ccc3cc(Cl)ccc3c2)C[C@@H]1c1ccccc1. The third kappa shape index (κ3) is 7.68. The fourth-order valence-electron chi connectivity index (χ4n) is 6.28. The number of fused-ring (bicyclic) bond motifs is 1. The van der Waals surface area contributed by atoms with Crippen molar-refractivity contribution in [2.45, 2.75) is 70.0 Å². The highest BCUT2D eigenvalue weighted by atomic mass is 35.5. The van der Waals surface area contributed by atoms with E-state index in [1.807, 2.05) is 54.6 Å². The van der Waals surface area contributed by atoms with Crippen molar-refractivity contribution in [2.75, 3.05) is 32.7 Å². The lowest BCUT2D eigenvalue weighted by Crippen LogP contribution is -2.50. The Kier molecular flexibility index (Phi) is 10.3. The van der Waals surface area contributed by atoms with E-state index in [9.17, 15) is 9.59 Å².